The molecule has 1 heterocycles. The first-order chi connectivity index (χ1) is 8.96. The van der Waals surface area contributed by atoms with Crippen molar-refractivity contribution in [2.45, 2.75) is 39.5 Å². The van der Waals surface area contributed by atoms with E-state index in [0.717, 1.165) is 6.42 Å². The molecule has 0 spiro atoms. The van der Waals surface area contributed by atoms with E-state index in [1.54, 1.807) is 0 Å². The summed E-state index contributed by atoms with van der Waals surface area (Å²) in [6.45, 7) is 4.71. The standard InChI is InChI=1S/C15H23NO3/c1-15(2,8-5-9-17)10-16-13(18)11-6-3-4-7-12(11)14(16)19/h3-4,11-12,17H,5-10H2,1-2H3. The maximum Gasteiger partial charge on any atom is 0.233 e. The number of allylic oxidation sites excluding steroid dienone is 2. The van der Waals surface area contributed by atoms with Gasteiger partial charge in [-0.05, 0) is 31.1 Å². The highest BCUT2D eigenvalue weighted by Crippen LogP contribution is 2.37. The van der Waals surface area contributed by atoms with Crippen molar-refractivity contribution in [3.05, 3.63) is 12.2 Å². The highest BCUT2D eigenvalue weighted by atomic mass is 16.3. The maximum atomic E-state index is 12.3. The first-order valence-electron chi connectivity index (χ1n) is 7.07. The summed E-state index contributed by atoms with van der Waals surface area (Å²) in [5.74, 6) is -0.273. The van der Waals surface area contributed by atoms with Gasteiger partial charge in [-0.2, -0.15) is 0 Å². The summed E-state index contributed by atoms with van der Waals surface area (Å²) in [6.07, 6.45) is 6.93. The van der Waals surface area contributed by atoms with Gasteiger partial charge >= 0.3 is 0 Å². The van der Waals surface area contributed by atoms with Crippen LogP contribution in [0.5, 0.6) is 0 Å². The maximum absolute atomic E-state index is 12.3. The monoisotopic (exact) mass is 265 g/mol. The van der Waals surface area contributed by atoms with Crippen molar-refractivity contribution in [1.29, 1.82) is 0 Å². The number of hydrogen-bond donors (Lipinski definition) is 1. The summed E-state index contributed by atoms with van der Waals surface area (Å²) in [5, 5.41) is 8.91. The zero-order chi connectivity index (χ0) is 14.0. The SMILES string of the molecule is CC(C)(CCCO)CN1C(=O)C2CC=CCC2C1=O. The minimum atomic E-state index is -0.133. The zero-order valence-electron chi connectivity index (χ0n) is 11.8. The topological polar surface area (TPSA) is 57.6 Å². The summed E-state index contributed by atoms with van der Waals surface area (Å²) >= 11 is 0. The molecule has 1 N–H and O–H groups in total. The van der Waals surface area contributed by atoms with Crippen LogP contribution in [0, 0.1) is 17.3 Å². The summed E-state index contributed by atoms with van der Waals surface area (Å²) in [5.41, 5.74) is -0.130. The molecule has 4 nitrogen and oxygen atoms in total. The van der Waals surface area contributed by atoms with E-state index in [4.69, 9.17) is 5.11 Å². The van der Waals surface area contributed by atoms with Gasteiger partial charge in [0.2, 0.25) is 11.8 Å². The smallest absolute Gasteiger partial charge is 0.233 e. The molecule has 0 aromatic rings. The summed E-state index contributed by atoms with van der Waals surface area (Å²) in [6, 6.07) is 0. The fraction of sp³-hybridized carbons (Fsp3) is 0.733. The number of carbonyl (C=O) groups excluding carboxylic acids is 2. The molecule has 1 saturated heterocycles. The average molecular weight is 265 g/mol. The third-order valence-electron chi connectivity index (χ3n) is 4.20. The van der Waals surface area contributed by atoms with E-state index in [0.29, 0.717) is 25.8 Å². The molecule has 106 valence electrons. The molecule has 19 heavy (non-hydrogen) atoms. The number of likely N-dealkylation sites (tertiary alicyclic amines) is 1. The van der Waals surface area contributed by atoms with Crippen LogP contribution >= 0.6 is 0 Å². The lowest BCUT2D eigenvalue weighted by Crippen LogP contribution is -2.39. The van der Waals surface area contributed by atoms with Gasteiger partial charge in [0.1, 0.15) is 0 Å². The van der Waals surface area contributed by atoms with Gasteiger partial charge in [-0.3, -0.25) is 14.5 Å². The molecular formula is C15H23NO3. The van der Waals surface area contributed by atoms with E-state index in [9.17, 15) is 9.59 Å². The minimum Gasteiger partial charge on any atom is -0.396 e. The second-order valence-electron chi connectivity index (χ2n) is 6.41. The molecule has 2 rings (SSSR count). The number of imide groups is 1. The molecule has 0 radical (unpaired) electrons. The Hall–Kier alpha value is -1.16. The van der Waals surface area contributed by atoms with Crippen molar-refractivity contribution in [3.8, 4) is 0 Å². The second-order valence-corrected chi connectivity index (χ2v) is 6.41. The van der Waals surface area contributed by atoms with Crippen LogP contribution in [0.25, 0.3) is 0 Å². The van der Waals surface area contributed by atoms with Gasteiger partial charge in [0.05, 0.1) is 11.8 Å². The van der Waals surface area contributed by atoms with Crippen LogP contribution in [0.3, 0.4) is 0 Å². The highest BCUT2D eigenvalue weighted by Gasteiger charge is 2.48. The van der Waals surface area contributed by atoms with Gasteiger partial charge in [0, 0.05) is 13.2 Å². The molecule has 0 aromatic heterocycles. The van der Waals surface area contributed by atoms with E-state index in [2.05, 4.69) is 0 Å². The molecule has 0 bridgehead atoms. The minimum absolute atomic E-state index is 0.00331. The van der Waals surface area contributed by atoms with Crippen LogP contribution in [0.15, 0.2) is 12.2 Å². The second kappa shape index (κ2) is 5.45. The van der Waals surface area contributed by atoms with Crippen LogP contribution in [0.2, 0.25) is 0 Å². The van der Waals surface area contributed by atoms with Crippen LogP contribution in [0.1, 0.15) is 39.5 Å². The number of hydrogen-bond acceptors (Lipinski definition) is 3. The molecule has 1 fully saturated rings. The Morgan fingerprint density at radius 1 is 1.21 bits per heavy atom. The molecule has 0 saturated carbocycles. The van der Waals surface area contributed by atoms with E-state index >= 15 is 0 Å². The van der Waals surface area contributed by atoms with Crippen LogP contribution < -0.4 is 0 Å². The van der Waals surface area contributed by atoms with Gasteiger partial charge in [-0.1, -0.05) is 26.0 Å². The fourth-order valence-electron chi connectivity index (χ4n) is 3.09. The third kappa shape index (κ3) is 2.89. The summed E-state index contributed by atoms with van der Waals surface area (Å²) in [4.78, 5) is 26.1. The number of fused-ring (bicyclic) bond motifs is 1. The van der Waals surface area contributed by atoms with Gasteiger partial charge in [-0.15, -0.1) is 0 Å². The third-order valence-corrected chi connectivity index (χ3v) is 4.20. The molecule has 1 aliphatic carbocycles. The van der Waals surface area contributed by atoms with Gasteiger partial charge < -0.3 is 5.11 Å². The Morgan fingerprint density at radius 3 is 2.21 bits per heavy atom. The molecule has 0 aromatic carbocycles. The van der Waals surface area contributed by atoms with E-state index in [1.165, 1.54) is 4.90 Å². The van der Waals surface area contributed by atoms with E-state index in [1.807, 2.05) is 26.0 Å². The van der Waals surface area contributed by atoms with Crippen LogP contribution in [-0.4, -0.2) is 35.0 Å². The molecule has 2 atom stereocenters. The first kappa shape index (κ1) is 14.3. The molecule has 2 unspecified atom stereocenters. The fourth-order valence-corrected chi connectivity index (χ4v) is 3.09. The number of carbonyl (C=O) groups is 2. The first-order valence-corrected chi connectivity index (χ1v) is 7.07. The highest BCUT2D eigenvalue weighted by molar-refractivity contribution is 6.05. The molecule has 2 aliphatic rings. The Balaban J connectivity index is 2.05. The van der Waals surface area contributed by atoms with E-state index in [-0.39, 0.29) is 35.7 Å². The van der Waals surface area contributed by atoms with Crippen molar-refractivity contribution < 1.29 is 14.7 Å². The normalized spacial score (nSPS) is 27.0. The molecule has 4 heteroatoms. The number of rotatable bonds is 5. The number of nitrogens with zero attached hydrogens (tertiary/aromatic N) is 1. The van der Waals surface area contributed by atoms with Crippen molar-refractivity contribution in [2.24, 2.45) is 17.3 Å². The molecule has 1 aliphatic heterocycles. The number of amides is 2. The number of aliphatic hydroxyl groups excluding tert-OH is 1. The van der Waals surface area contributed by atoms with Crippen molar-refractivity contribution in [2.75, 3.05) is 13.2 Å². The number of aliphatic hydroxyl groups is 1. The largest absolute Gasteiger partial charge is 0.396 e. The zero-order valence-corrected chi connectivity index (χ0v) is 11.8. The van der Waals surface area contributed by atoms with Crippen LogP contribution in [-0.2, 0) is 9.59 Å². The van der Waals surface area contributed by atoms with Gasteiger partial charge in [-0.25, -0.2) is 0 Å². The molecule has 2 amide bonds. The van der Waals surface area contributed by atoms with Gasteiger partial charge in [0.25, 0.3) is 0 Å². The predicted molar refractivity (Wildman–Crippen MR) is 72.2 cm³/mol. The Kier molecular flexibility index (Phi) is 4.09. The lowest BCUT2D eigenvalue weighted by atomic mass is 9.85. The van der Waals surface area contributed by atoms with Crippen LogP contribution in [0.4, 0.5) is 0 Å². The Labute approximate surface area is 114 Å². The Morgan fingerprint density at radius 2 is 1.74 bits per heavy atom. The lowest BCUT2D eigenvalue weighted by Gasteiger charge is -2.29. The Bertz CT molecular complexity index is 374. The quantitative estimate of drug-likeness (QED) is 0.608. The van der Waals surface area contributed by atoms with Crippen molar-refractivity contribution in [1.82, 2.24) is 4.90 Å². The summed E-state index contributed by atoms with van der Waals surface area (Å²) < 4.78 is 0. The summed E-state index contributed by atoms with van der Waals surface area (Å²) in [7, 11) is 0. The van der Waals surface area contributed by atoms with E-state index < -0.39 is 0 Å². The van der Waals surface area contributed by atoms with Gasteiger partial charge in [0.15, 0.2) is 0 Å². The van der Waals surface area contributed by atoms with Crippen molar-refractivity contribution in [3.63, 3.8) is 0 Å². The van der Waals surface area contributed by atoms with Crippen molar-refractivity contribution >= 4 is 11.8 Å². The lowest BCUT2D eigenvalue weighted by molar-refractivity contribution is -0.141. The molecular weight excluding hydrogens is 242 g/mol. The predicted octanol–water partition coefficient (Wildman–Crippen LogP) is 1.74. The average Bonchev–Trinajstić information content (AvgIpc) is 2.62.